The van der Waals surface area contributed by atoms with Gasteiger partial charge in [-0.1, -0.05) is 72.4 Å². The van der Waals surface area contributed by atoms with Gasteiger partial charge in [-0.3, -0.25) is 0 Å². The molecule has 0 radical (unpaired) electrons. The average molecular weight is 349 g/mol. The van der Waals surface area contributed by atoms with Crippen molar-refractivity contribution in [3.8, 4) is 22.5 Å². The summed E-state index contributed by atoms with van der Waals surface area (Å²) in [5.41, 5.74) is 3.76. The molecule has 1 atom stereocenters. The minimum atomic E-state index is 0.308. The van der Waals surface area contributed by atoms with Crippen LogP contribution >= 0.6 is 11.8 Å². The Bertz CT molecular complexity index is 821. The van der Waals surface area contributed by atoms with Gasteiger partial charge in [0.15, 0.2) is 0 Å². The van der Waals surface area contributed by atoms with Crippen molar-refractivity contribution in [3.05, 3.63) is 60.7 Å². The number of thioether (sulfide) groups is 1. The molecule has 3 aromatic rings. The number of nitrogens with zero attached hydrogens (tertiary/aromatic N) is 3. The molecule has 1 aliphatic rings. The second kappa shape index (κ2) is 7.76. The van der Waals surface area contributed by atoms with Crippen LogP contribution in [-0.4, -0.2) is 33.6 Å². The summed E-state index contributed by atoms with van der Waals surface area (Å²) in [4.78, 5) is 4.81. The Kier molecular flexibility index (Phi) is 5.04. The number of hydrogen-bond acceptors (Lipinski definition) is 5. The summed E-state index contributed by atoms with van der Waals surface area (Å²) in [6, 6.07) is 20.3. The average Bonchev–Trinajstić information content (AvgIpc) is 3.21. The van der Waals surface area contributed by atoms with Gasteiger partial charge in [-0.2, -0.15) is 0 Å². The number of hydrogen-bond donors (Lipinski definition) is 0. The van der Waals surface area contributed by atoms with Crippen LogP contribution in [0, 0.1) is 0 Å². The van der Waals surface area contributed by atoms with Crippen molar-refractivity contribution in [1.29, 1.82) is 0 Å². The van der Waals surface area contributed by atoms with Gasteiger partial charge in [0.05, 0.1) is 6.10 Å². The molecule has 0 bridgehead atoms. The minimum absolute atomic E-state index is 0.308. The van der Waals surface area contributed by atoms with Crippen LogP contribution in [0.1, 0.15) is 12.8 Å². The van der Waals surface area contributed by atoms with Crippen LogP contribution in [0.25, 0.3) is 22.5 Å². The summed E-state index contributed by atoms with van der Waals surface area (Å²) >= 11 is 1.62. The van der Waals surface area contributed by atoms with E-state index in [-0.39, 0.29) is 0 Å². The fraction of sp³-hybridized carbons (Fsp3) is 0.250. The van der Waals surface area contributed by atoms with Gasteiger partial charge in [0.2, 0.25) is 5.16 Å². The maximum atomic E-state index is 5.69. The standard InChI is InChI=1S/C20H19N3OS/c1-3-8-15(9-4-1)18-19(16-10-5-2-6-11-16)22-23-20(21-18)25-14-17-12-7-13-24-17/h1-6,8-11,17H,7,12-14H2/t17-/m0/s1. The number of rotatable bonds is 5. The fourth-order valence-corrected chi connectivity index (χ4v) is 3.76. The van der Waals surface area contributed by atoms with Gasteiger partial charge in [-0.15, -0.1) is 10.2 Å². The normalized spacial score (nSPS) is 16.9. The second-order valence-corrected chi connectivity index (χ2v) is 6.96. The zero-order valence-electron chi connectivity index (χ0n) is 13.8. The molecular formula is C20H19N3OS. The predicted octanol–water partition coefficient (Wildman–Crippen LogP) is 4.48. The van der Waals surface area contributed by atoms with Gasteiger partial charge in [-0.25, -0.2) is 4.98 Å². The van der Waals surface area contributed by atoms with E-state index < -0.39 is 0 Å². The zero-order valence-corrected chi connectivity index (χ0v) is 14.7. The lowest BCUT2D eigenvalue weighted by Crippen LogP contribution is -2.09. The van der Waals surface area contributed by atoms with E-state index in [0.29, 0.717) is 11.3 Å². The molecule has 0 spiro atoms. The van der Waals surface area contributed by atoms with E-state index >= 15 is 0 Å². The van der Waals surface area contributed by atoms with Gasteiger partial charge in [0.25, 0.3) is 0 Å². The maximum Gasteiger partial charge on any atom is 0.209 e. The fourth-order valence-electron chi connectivity index (χ4n) is 2.90. The van der Waals surface area contributed by atoms with E-state index in [1.165, 1.54) is 0 Å². The van der Waals surface area contributed by atoms with Crippen LogP contribution in [0.2, 0.25) is 0 Å². The monoisotopic (exact) mass is 349 g/mol. The third-order valence-electron chi connectivity index (χ3n) is 4.18. The van der Waals surface area contributed by atoms with E-state index in [1.54, 1.807) is 11.8 Å². The molecule has 1 aliphatic heterocycles. The minimum Gasteiger partial charge on any atom is -0.377 e. The van der Waals surface area contributed by atoms with Crippen LogP contribution in [0.3, 0.4) is 0 Å². The smallest absolute Gasteiger partial charge is 0.209 e. The summed E-state index contributed by atoms with van der Waals surface area (Å²) in [5.74, 6) is 0.876. The molecule has 0 saturated carbocycles. The molecule has 2 aromatic carbocycles. The molecular weight excluding hydrogens is 330 g/mol. The van der Waals surface area contributed by atoms with Crippen molar-refractivity contribution in [2.24, 2.45) is 0 Å². The van der Waals surface area contributed by atoms with Crippen LogP contribution in [0.4, 0.5) is 0 Å². The highest BCUT2D eigenvalue weighted by Crippen LogP contribution is 2.30. The van der Waals surface area contributed by atoms with Crippen LogP contribution in [0.15, 0.2) is 65.8 Å². The molecule has 0 N–H and O–H groups in total. The van der Waals surface area contributed by atoms with Crippen LogP contribution < -0.4 is 0 Å². The molecule has 1 aromatic heterocycles. The van der Waals surface area contributed by atoms with E-state index in [0.717, 1.165) is 47.7 Å². The molecule has 4 rings (SSSR count). The van der Waals surface area contributed by atoms with Crippen molar-refractivity contribution in [1.82, 2.24) is 15.2 Å². The first-order valence-electron chi connectivity index (χ1n) is 8.50. The number of benzene rings is 2. The Morgan fingerprint density at radius 1 is 0.880 bits per heavy atom. The lowest BCUT2D eigenvalue weighted by atomic mass is 10.0. The first kappa shape index (κ1) is 16.2. The van der Waals surface area contributed by atoms with E-state index in [9.17, 15) is 0 Å². The largest absolute Gasteiger partial charge is 0.377 e. The van der Waals surface area contributed by atoms with Crippen LogP contribution in [-0.2, 0) is 4.74 Å². The molecule has 5 heteroatoms. The molecule has 0 unspecified atom stereocenters. The Labute approximate surface area is 151 Å². The Morgan fingerprint density at radius 3 is 2.20 bits per heavy atom. The molecule has 2 heterocycles. The molecule has 126 valence electrons. The first-order valence-corrected chi connectivity index (χ1v) is 9.49. The molecule has 1 fully saturated rings. The van der Waals surface area contributed by atoms with Gasteiger partial charge in [0, 0.05) is 23.5 Å². The van der Waals surface area contributed by atoms with Crippen LogP contribution in [0.5, 0.6) is 0 Å². The zero-order chi connectivity index (χ0) is 16.9. The molecule has 1 saturated heterocycles. The van der Waals surface area contributed by atoms with Crippen molar-refractivity contribution >= 4 is 11.8 Å². The summed E-state index contributed by atoms with van der Waals surface area (Å²) < 4.78 is 5.69. The van der Waals surface area contributed by atoms with Gasteiger partial charge >= 0.3 is 0 Å². The molecule has 0 aliphatic carbocycles. The quantitative estimate of drug-likeness (QED) is 0.636. The second-order valence-electron chi connectivity index (χ2n) is 5.97. The Balaban J connectivity index is 1.67. The van der Waals surface area contributed by atoms with E-state index in [1.807, 2.05) is 48.5 Å². The highest BCUT2D eigenvalue weighted by atomic mass is 32.2. The SMILES string of the molecule is c1ccc(-c2nnc(SC[C@@H]3CCCO3)nc2-c2ccccc2)cc1. The predicted molar refractivity (Wildman–Crippen MR) is 100 cm³/mol. The lowest BCUT2D eigenvalue weighted by Gasteiger charge is -2.11. The van der Waals surface area contributed by atoms with Crippen molar-refractivity contribution < 1.29 is 4.74 Å². The molecule has 0 amide bonds. The Hall–Kier alpha value is -2.24. The summed E-state index contributed by atoms with van der Waals surface area (Å²) in [5, 5.41) is 9.55. The Morgan fingerprint density at radius 2 is 1.56 bits per heavy atom. The van der Waals surface area contributed by atoms with E-state index in [2.05, 4.69) is 22.3 Å². The maximum absolute atomic E-state index is 5.69. The van der Waals surface area contributed by atoms with Crippen molar-refractivity contribution in [3.63, 3.8) is 0 Å². The molecule has 25 heavy (non-hydrogen) atoms. The summed E-state index contributed by atoms with van der Waals surface area (Å²) in [6.07, 6.45) is 2.57. The highest BCUT2D eigenvalue weighted by molar-refractivity contribution is 7.99. The third kappa shape index (κ3) is 3.89. The highest BCUT2D eigenvalue weighted by Gasteiger charge is 2.18. The summed E-state index contributed by atoms with van der Waals surface area (Å²) in [7, 11) is 0. The number of aromatic nitrogens is 3. The van der Waals surface area contributed by atoms with E-state index in [4.69, 9.17) is 9.72 Å². The molecule has 4 nitrogen and oxygen atoms in total. The van der Waals surface area contributed by atoms with Crippen molar-refractivity contribution in [2.75, 3.05) is 12.4 Å². The lowest BCUT2D eigenvalue weighted by molar-refractivity contribution is 0.129. The number of ether oxygens (including phenoxy) is 1. The first-order chi connectivity index (χ1) is 12.4. The van der Waals surface area contributed by atoms with Crippen molar-refractivity contribution in [2.45, 2.75) is 24.1 Å². The third-order valence-corrected chi connectivity index (χ3v) is 5.15. The van der Waals surface area contributed by atoms with Gasteiger partial charge < -0.3 is 4.74 Å². The topological polar surface area (TPSA) is 47.9 Å². The van der Waals surface area contributed by atoms with Gasteiger partial charge in [0.1, 0.15) is 11.4 Å². The summed E-state index contributed by atoms with van der Waals surface area (Å²) in [6.45, 7) is 0.868. The van der Waals surface area contributed by atoms with Gasteiger partial charge in [-0.05, 0) is 12.8 Å².